The fourth-order valence-corrected chi connectivity index (χ4v) is 3.37. The van der Waals surface area contributed by atoms with Gasteiger partial charge in [-0.1, -0.05) is 37.4 Å². The van der Waals surface area contributed by atoms with Crippen molar-refractivity contribution in [1.29, 1.82) is 0 Å². The van der Waals surface area contributed by atoms with Gasteiger partial charge in [0.2, 0.25) is 0 Å². The van der Waals surface area contributed by atoms with Gasteiger partial charge in [-0.05, 0) is 49.2 Å². The molecule has 0 radical (unpaired) electrons. The van der Waals surface area contributed by atoms with E-state index in [-0.39, 0.29) is 11.4 Å². The Morgan fingerprint density at radius 1 is 0.938 bits per heavy atom. The summed E-state index contributed by atoms with van der Waals surface area (Å²) in [6.45, 7) is 12.6. The van der Waals surface area contributed by atoms with Gasteiger partial charge in [0, 0.05) is 30.4 Å². The van der Waals surface area contributed by atoms with Crippen LogP contribution in [0.3, 0.4) is 0 Å². The van der Waals surface area contributed by atoms with Crippen molar-refractivity contribution in [2.24, 2.45) is 5.41 Å². The Hall–Kier alpha value is -3.38. The maximum Gasteiger partial charge on any atom is 0.338 e. The summed E-state index contributed by atoms with van der Waals surface area (Å²) < 4.78 is 16.0. The molecular weight excluding hydrogens is 406 g/mol. The molecule has 6 heteroatoms. The molecule has 0 aliphatic carbocycles. The summed E-state index contributed by atoms with van der Waals surface area (Å²) in [4.78, 5) is 25.5. The molecule has 0 aromatic heterocycles. The summed E-state index contributed by atoms with van der Waals surface area (Å²) in [5.74, 6) is -0.323. The molecule has 0 atom stereocenters. The molecule has 0 N–H and O–H groups in total. The van der Waals surface area contributed by atoms with Crippen LogP contribution in [0.25, 0.3) is 11.1 Å². The van der Waals surface area contributed by atoms with Crippen LogP contribution in [0, 0.1) is 5.41 Å². The fourth-order valence-electron chi connectivity index (χ4n) is 3.37. The summed E-state index contributed by atoms with van der Waals surface area (Å²) >= 11 is 0. The van der Waals surface area contributed by atoms with E-state index >= 15 is 0 Å². The van der Waals surface area contributed by atoms with Gasteiger partial charge in [-0.3, -0.25) is 0 Å². The maximum absolute atomic E-state index is 11.8. The third-order valence-electron chi connectivity index (χ3n) is 5.30. The molecule has 2 aromatic carbocycles. The Kier molecular flexibility index (Phi) is 7.15. The largest absolute Gasteiger partial charge is 0.462 e. The molecule has 1 aliphatic heterocycles. The second-order valence-electron chi connectivity index (χ2n) is 8.45. The molecule has 168 valence electrons. The average Bonchev–Trinajstić information content (AvgIpc) is 2.75. The van der Waals surface area contributed by atoms with E-state index < -0.39 is 5.97 Å². The number of rotatable bonds is 9. The number of anilines is 1. The molecule has 32 heavy (non-hydrogen) atoms. The first kappa shape index (κ1) is 23.3. The zero-order valence-corrected chi connectivity index (χ0v) is 18.8. The summed E-state index contributed by atoms with van der Waals surface area (Å²) in [7, 11) is 2.01. The minimum atomic E-state index is -0.436. The Bertz CT molecular complexity index is 1000. The van der Waals surface area contributed by atoms with E-state index in [1.807, 2.05) is 31.3 Å². The number of ether oxygens (including phenoxy) is 3. The van der Waals surface area contributed by atoms with Crippen molar-refractivity contribution >= 4 is 17.6 Å². The maximum atomic E-state index is 11.8. The molecular formula is C26H29NO5. The molecule has 0 amide bonds. The van der Waals surface area contributed by atoms with Crippen LogP contribution in [-0.2, 0) is 19.1 Å². The molecule has 1 heterocycles. The molecule has 1 saturated heterocycles. The van der Waals surface area contributed by atoms with Gasteiger partial charge in [0.25, 0.3) is 0 Å². The molecule has 3 rings (SSSR count). The summed E-state index contributed by atoms with van der Waals surface area (Å²) in [6, 6.07) is 15.6. The summed E-state index contributed by atoms with van der Waals surface area (Å²) in [6.07, 6.45) is 0. The lowest BCUT2D eigenvalue weighted by Gasteiger charge is -2.43. The smallest absolute Gasteiger partial charge is 0.338 e. The van der Waals surface area contributed by atoms with Gasteiger partial charge in [0.1, 0.15) is 12.4 Å². The Balaban J connectivity index is 1.62. The van der Waals surface area contributed by atoms with Crippen LogP contribution in [0.1, 0.15) is 13.8 Å². The summed E-state index contributed by atoms with van der Waals surface area (Å²) in [5, 5.41) is 0. The van der Waals surface area contributed by atoms with Crippen LogP contribution in [0.15, 0.2) is 72.8 Å². The first-order valence-electron chi connectivity index (χ1n) is 10.4. The van der Waals surface area contributed by atoms with Crippen LogP contribution in [0.4, 0.5) is 5.69 Å². The first-order chi connectivity index (χ1) is 15.2. The lowest BCUT2D eigenvalue weighted by atomic mass is 9.86. The molecule has 0 bridgehead atoms. The Morgan fingerprint density at radius 3 is 1.94 bits per heavy atom. The average molecular weight is 436 g/mol. The van der Waals surface area contributed by atoms with Gasteiger partial charge >= 0.3 is 11.9 Å². The van der Waals surface area contributed by atoms with Gasteiger partial charge in [-0.15, -0.1) is 0 Å². The fraction of sp³-hybridized carbons (Fsp3) is 0.308. The second-order valence-corrected chi connectivity index (χ2v) is 8.45. The van der Waals surface area contributed by atoms with E-state index in [0.717, 1.165) is 16.8 Å². The van der Waals surface area contributed by atoms with Crippen LogP contribution in [0.5, 0.6) is 5.75 Å². The standard InChI is InChI=1S/C26H29NO5/c1-18(2)24(28)31-17-26(15-30-16-26)14-27(5)22-10-6-20(7-11-22)21-8-12-23(13-9-21)32-25(29)19(3)4/h6-13H,1,3,14-17H2,2,4-5H3. The van der Waals surface area contributed by atoms with Crippen LogP contribution in [-0.4, -0.2) is 45.4 Å². The number of hydrogen-bond acceptors (Lipinski definition) is 6. The van der Waals surface area contributed by atoms with E-state index in [4.69, 9.17) is 14.2 Å². The van der Waals surface area contributed by atoms with E-state index in [0.29, 0.717) is 43.3 Å². The third kappa shape index (κ3) is 5.65. The minimum absolute atomic E-state index is 0.213. The zero-order chi connectivity index (χ0) is 23.3. The van der Waals surface area contributed by atoms with E-state index in [2.05, 4.69) is 30.2 Å². The predicted molar refractivity (Wildman–Crippen MR) is 125 cm³/mol. The number of esters is 2. The number of benzene rings is 2. The number of carbonyl (C=O) groups excluding carboxylic acids is 2. The molecule has 2 aromatic rings. The van der Waals surface area contributed by atoms with Crippen molar-refractivity contribution in [1.82, 2.24) is 0 Å². The van der Waals surface area contributed by atoms with E-state index in [9.17, 15) is 9.59 Å². The van der Waals surface area contributed by atoms with Crippen LogP contribution < -0.4 is 9.64 Å². The molecule has 6 nitrogen and oxygen atoms in total. The Labute approximate surface area is 189 Å². The van der Waals surface area contributed by atoms with Crippen molar-refractivity contribution in [3.05, 3.63) is 72.8 Å². The summed E-state index contributed by atoms with van der Waals surface area (Å²) in [5.41, 5.74) is 3.67. The van der Waals surface area contributed by atoms with Crippen molar-refractivity contribution in [3.63, 3.8) is 0 Å². The highest BCUT2D eigenvalue weighted by Gasteiger charge is 2.41. The minimum Gasteiger partial charge on any atom is -0.462 e. The molecule has 1 aliphatic rings. The van der Waals surface area contributed by atoms with Crippen molar-refractivity contribution in [3.8, 4) is 16.9 Å². The van der Waals surface area contributed by atoms with Crippen molar-refractivity contribution < 1.29 is 23.8 Å². The third-order valence-corrected chi connectivity index (χ3v) is 5.30. The molecule has 0 unspecified atom stereocenters. The van der Waals surface area contributed by atoms with Gasteiger partial charge in [0.15, 0.2) is 0 Å². The second kappa shape index (κ2) is 9.83. The molecule has 1 fully saturated rings. The van der Waals surface area contributed by atoms with Crippen LogP contribution >= 0.6 is 0 Å². The predicted octanol–water partition coefficient (Wildman–Crippen LogP) is 4.41. The quantitative estimate of drug-likeness (QED) is 0.330. The normalized spacial score (nSPS) is 14.1. The zero-order valence-electron chi connectivity index (χ0n) is 18.8. The van der Waals surface area contributed by atoms with Gasteiger partial charge in [-0.2, -0.15) is 0 Å². The lowest BCUT2D eigenvalue weighted by Crippen LogP contribution is -2.53. The number of nitrogens with zero attached hydrogens (tertiary/aromatic N) is 1. The lowest BCUT2D eigenvalue weighted by molar-refractivity contribution is -0.163. The number of hydrogen-bond donors (Lipinski definition) is 0. The van der Waals surface area contributed by atoms with E-state index in [1.54, 1.807) is 26.0 Å². The van der Waals surface area contributed by atoms with Crippen molar-refractivity contribution in [2.75, 3.05) is 38.3 Å². The highest BCUT2D eigenvalue weighted by atomic mass is 16.5. The van der Waals surface area contributed by atoms with Gasteiger partial charge in [0.05, 0.1) is 18.6 Å². The van der Waals surface area contributed by atoms with Gasteiger partial charge < -0.3 is 19.1 Å². The Morgan fingerprint density at radius 2 is 1.47 bits per heavy atom. The monoisotopic (exact) mass is 435 g/mol. The first-order valence-corrected chi connectivity index (χ1v) is 10.4. The molecule has 0 spiro atoms. The molecule has 0 saturated carbocycles. The van der Waals surface area contributed by atoms with Gasteiger partial charge in [-0.25, -0.2) is 9.59 Å². The highest BCUT2D eigenvalue weighted by Crippen LogP contribution is 2.32. The highest BCUT2D eigenvalue weighted by molar-refractivity contribution is 5.89. The topological polar surface area (TPSA) is 65.1 Å². The van der Waals surface area contributed by atoms with Crippen molar-refractivity contribution in [2.45, 2.75) is 13.8 Å². The number of carbonyl (C=O) groups is 2. The van der Waals surface area contributed by atoms with E-state index in [1.165, 1.54) is 0 Å². The van der Waals surface area contributed by atoms with Crippen LogP contribution in [0.2, 0.25) is 0 Å². The SMILES string of the molecule is C=C(C)C(=O)OCC1(CN(C)c2ccc(-c3ccc(OC(=O)C(=C)C)cc3)cc2)COC1.